The van der Waals surface area contributed by atoms with Gasteiger partial charge in [0.15, 0.2) is 5.75 Å². The summed E-state index contributed by atoms with van der Waals surface area (Å²) < 4.78 is 11.9. The fourth-order valence-electron chi connectivity index (χ4n) is 10.1. The quantitative estimate of drug-likeness (QED) is 0.177. The summed E-state index contributed by atoms with van der Waals surface area (Å²) in [4.78, 5) is 2.45. The Hall–Kier alpha value is -8.34. The van der Waals surface area contributed by atoms with E-state index in [1.807, 2.05) is 6.07 Å². The van der Waals surface area contributed by atoms with Crippen molar-refractivity contribution >= 4 is 56.2 Å². The standard InChI is InChI=1S/C59H39N3O/c1-2-7-22-43(21-6-1)60-52-28-14-10-24-48(52)56-49-25-11-15-29-53(49)61(57(56)50-26-12-16-30-54(50)60)44-36-42(39-18-4-3-5-19-39)37-45(38-44)62-51-27-13-9-23-46(51)47-35-34-41-33-32-40-20-8-17-31-55(40)63-59(41)58(47)62/h1-6,8-38H,7H2. The van der Waals surface area contributed by atoms with Gasteiger partial charge >= 0.3 is 0 Å². The highest BCUT2D eigenvalue weighted by molar-refractivity contribution is 6.14. The lowest BCUT2D eigenvalue weighted by atomic mass is 9.98. The van der Waals surface area contributed by atoms with Gasteiger partial charge in [0.05, 0.1) is 33.6 Å². The van der Waals surface area contributed by atoms with Crippen molar-refractivity contribution in [1.82, 2.24) is 9.13 Å². The predicted octanol–water partition coefficient (Wildman–Crippen LogP) is 15.9. The van der Waals surface area contributed by atoms with Crippen LogP contribution in [0.1, 0.15) is 17.5 Å². The highest BCUT2D eigenvalue weighted by Gasteiger charge is 2.32. The second kappa shape index (κ2) is 14.1. The van der Waals surface area contributed by atoms with Gasteiger partial charge in [0.1, 0.15) is 5.75 Å². The van der Waals surface area contributed by atoms with Crippen molar-refractivity contribution in [2.75, 3.05) is 4.90 Å². The van der Waals surface area contributed by atoms with Gasteiger partial charge in [-0.05, 0) is 72.2 Å². The number of aromatic nitrogens is 2. The number of hydrogen-bond donors (Lipinski definition) is 0. The zero-order chi connectivity index (χ0) is 41.4. The highest BCUT2D eigenvalue weighted by Crippen LogP contribution is 2.54. The first-order chi connectivity index (χ1) is 31.3. The van der Waals surface area contributed by atoms with Gasteiger partial charge in [0.25, 0.3) is 0 Å². The SMILES string of the molecule is C1=CCC=C(N2c3ccccc3-c3c(n(-c4cc(-c5ccccc5)cc(-n5c6ccccc6c6ccc7c(c65)Oc5ccccc5C=C7)c4)c4ccccc34)-c3ccccc32)C=C1. The first-order valence-electron chi connectivity index (χ1n) is 21.7. The molecule has 0 fully saturated rings. The lowest BCUT2D eigenvalue weighted by molar-refractivity contribution is 0.485. The number of anilines is 2. The Morgan fingerprint density at radius 2 is 1.13 bits per heavy atom. The normalized spacial score (nSPS) is 13.7. The molecule has 10 aromatic rings. The van der Waals surface area contributed by atoms with Crippen LogP contribution in [0.25, 0.3) is 89.7 Å². The van der Waals surface area contributed by atoms with Gasteiger partial charge in [-0.2, -0.15) is 0 Å². The van der Waals surface area contributed by atoms with Crippen LogP contribution in [0, 0.1) is 0 Å². The van der Waals surface area contributed by atoms with Gasteiger partial charge in [0, 0.05) is 61.0 Å². The smallest absolute Gasteiger partial charge is 0.159 e. The molecule has 0 N–H and O–H groups in total. The fourth-order valence-corrected chi connectivity index (χ4v) is 10.1. The van der Waals surface area contributed by atoms with Crippen LogP contribution < -0.4 is 9.64 Å². The summed E-state index contributed by atoms with van der Waals surface area (Å²) in [5.41, 5.74) is 18.0. The molecule has 0 bridgehead atoms. The molecule has 0 spiro atoms. The molecule has 0 atom stereocenters. The highest BCUT2D eigenvalue weighted by atomic mass is 16.5. The zero-order valence-corrected chi connectivity index (χ0v) is 34.3. The molecule has 2 aromatic heterocycles. The van der Waals surface area contributed by atoms with Crippen LogP contribution in [0.2, 0.25) is 0 Å². The van der Waals surface area contributed by atoms with E-state index < -0.39 is 0 Å². The molecular weight excluding hydrogens is 767 g/mol. The minimum atomic E-state index is 0.844. The number of fused-ring (bicyclic) bond motifs is 13. The van der Waals surface area contributed by atoms with Crippen molar-refractivity contribution in [3.63, 3.8) is 0 Å². The van der Waals surface area contributed by atoms with Crippen LogP contribution in [-0.2, 0) is 0 Å². The predicted molar refractivity (Wildman–Crippen MR) is 262 cm³/mol. The molecule has 0 amide bonds. The number of hydrogen-bond acceptors (Lipinski definition) is 2. The molecule has 3 aliphatic rings. The average Bonchev–Trinajstić information content (AvgIpc) is 3.54. The molecule has 0 saturated heterocycles. The summed E-state index contributed by atoms with van der Waals surface area (Å²) >= 11 is 0. The summed E-state index contributed by atoms with van der Waals surface area (Å²) in [6.45, 7) is 0. The van der Waals surface area contributed by atoms with E-state index >= 15 is 0 Å². The van der Waals surface area contributed by atoms with Crippen molar-refractivity contribution < 1.29 is 4.74 Å². The molecule has 13 rings (SSSR count). The first-order valence-corrected chi connectivity index (χ1v) is 21.7. The van der Waals surface area contributed by atoms with Gasteiger partial charge in [-0.3, -0.25) is 0 Å². The molecular formula is C59H39N3O. The topological polar surface area (TPSA) is 22.3 Å². The third-order valence-corrected chi connectivity index (χ3v) is 12.8. The van der Waals surface area contributed by atoms with Crippen LogP contribution in [-0.4, -0.2) is 9.13 Å². The average molecular weight is 806 g/mol. The summed E-state index contributed by atoms with van der Waals surface area (Å²) in [5, 5.41) is 3.53. The Kier molecular flexibility index (Phi) is 7.94. The van der Waals surface area contributed by atoms with Crippen LogP contribution >= 0.6 is 0 Å². The minimum absolute atomic E-state index is 0.844. The van der Waals surface area contributed by atoms with Crippen molar-refractivity contribution in [3.8, 4) is 56.4 Å². The molecule has 0 unspecified atom stereocenters. The van der Waals surface area contributed by atoms with Gasteiger partial charge in [-0.1, -0.05) is 170 Å². The molecule has 296 valence electrons. The van der Waals surface area contributed by atoms with Crippen molar-refractivity contribution in [1.29, 1.82) is 0 Å². The van der Waals surface area contributed by atoms with Crippen LogP contribution in [0.3, 0.4) is 0 Å². The van der Waals surface area contributed by atoms with Gasteiger partial charge in [-0.25, -0.2) is 0 Å². The Balaban J connectivity index is 1.15. The summed E-state index contributed by atoms with van der Waals surface area (Å²) in [5.74, 6) is 1.69. The van der Waals surface area contributed by atoms with Gasteiger partial charge < -0.3 is 18.8 Å². The number of rotatable bonds is 4. The molecule has 4 heteroatoms. The maximum atomic E-state index is 7.00. The summed E-state index contributed by atoms with van der Waals surface area (Å²) in [6, 6.07) is 66.1. The zero-order valence-electron chi connectivity index (χ0n) is 34.3. The second-order valence-corrected chi connectivity index (χ2v) is 16.4. The molecule has 8 aromatic carbocycles. The Morgan fingerprint density at radius 1 is 0.460 bits per heavy atom. The number of nitrogens with zero attached hydrogens (tertiary/aromatic N) is 3. The van der Waals surface area contributed by atoms with Crippen LogP contribution in [0.5, 0.6) is 11.5 Å². The molecule has 0 radical (unpaired) electrons. The number of allylic oxidation sites excluding steroid dienone is 5. The first kappa shape index (κ1) is 35.4. The molecule has 2 aliphatic heterocycles. The maximum absolute atomic E-state index is 7.00. The maximum Gasteiger partial charge on any atom is 0.159 e. The summed E-state index contributed by atoms with van der Waals surface area (Å²) in [7, 11) is 0. The van der Waals surface area contributed by atoms with Crippen molar-refractivity contribution in [2.45, 2.75) is 6.42 Å². The summed E-state index contributed by atoms with van der Waals surface area (Å²) in [6.07, 6.45) is 16.3. The molecule has 4 nitrogen and oxygen atoms in total. The third kappa shape index (κ3) is 5.48. The largest absolute Gasteiger partial charge is 0.454 e. The Morgan fingerprint density at radius 3 is 1.98 bits per heavy atom. The third-order valence-electron chi connectivity index (χ3n) is 12.8. The number of ether oxygens (including phenoxy) is 1. The van der Waals surface area contributed by atoms with E-state index in [1.54, 1.807) is 0 Å². The van der Waals surface area contributed by atoms with Crippen LogP contribution in [0.15, 0.2) is 218 Å². The molecule has 63 heavy (non-hydrogen) atoms. The van der Waals surface area contributed by atoms with E-state index in [1.165, 1.54) is 27.5 Å². The van der Waals surface area contributed by atoms with E-state index in [0.29, 0.717) is 0 Å². The van der Waals surface area contributed by atoms with E-state index in [2.05, 4.69) is 232 Å². The Bertz CT molecular complexity index is 3630. The lowest BCUT2D eigenvalue weighted by Gasteiger charge is -2.28. The van der Waals surface area contributed by atoms with Crippen LogP contribution in [0.4, 0.5) is 11.4 Å². The molecule has 4 heterocycles. The second-order valence-electron chi connectivity index (χ2n) is 16.4. The number of benzene rings is 8. The molecule has 1 aliphatic carbocycles. The lowest BCUT2D eigenvalue weighted by Crippen LogP contribution is -2.16. The monoisotopic (exact) mass is 805 g/mol. The minimum Gasteiger partial charge on any atom is -0.454 e. The van der Waals surface area contributed by atoms with E-state index in [4.69, 9.17) is 4.74 Å². The van der Waals surface area contributed by atoms with Crippen molar-refractivity contribution in [2.24, 2.45) is 0 Å². The van der Waals surface area contributed by atoms with Gasteiger partial charge in [0.2, 0.25) is 0 Å². The van der Waals surface area contributed by atoms with E-state index in [0.717, 1.165) is 96.3 Å². The van der Waals surface area contributed by atoms with E-state index in [-0.39, 0.29) is 0 Å². The van der Waals surface area contributed by atoms with Gasteiger partial charge in [-0.15, -0.1) is 0 Å². The Labute approximate surface area is 365 Å². The number of para-hydroxylation sites is 5. The molecule has 0 saturated carbocycles. The van der Waals surface area contributed by atoms with Crippen molar-refractivity contribution in [3.05, 3.63) is 229 Å². The van der Waals surface area contributed by atoms with E-state index in [9.17, 15) is 0 Å². The fraction of sp³-hybridized carbons (Fsp3) is 0.0169.